The van der Waals surface area contributed by atoms with Crippen molar-refractivity contribution in [1.29, 1.82) is 5.26 Å². The molecule has 2 aromatic rings. The van der Waals surface area contributed by atoms with Crippen LogP contribution in [0.4, 0.5) is 0 Å². The summed E-state index contributed by atoms with van der Waals surface area (Å²) >= 11 is 0. The molecule has 70 valence electrons. The van der Waals surface area contributed by atoms with Gasteiger partial charge in [-0.25, -0.2) is 14.3 Å². The van der Waals surface area contributed by atoms with Crippen LogP contribution in [0, 0.1) is 11.5 Å². The number of nitriles is 1. The molecule has 0 radical (unpaired) electrons. The fourth-order valence-electron chi connectivity index (χ4n) is 1.21. The van der Waals surface area contributed by atoms with Gasteiger partial charge < -0.3 is 0 Å². The topological polar surface area (TPSA) is 96.5 Å². The van der Waals surface area contributed by atoms with Crippen molar-refractivity contribution < 1.29 is 0 Å². The molecule has 0 fully saturated rings. The molecule has 0 aliphatic carbocycles. The molecule has 1 N–H and O–H groups in total. The number of aryl methyl sites for hydroxylation is 1. The van der Waals surface area contributed by atoms with Gasteiger partial charge in [0.1, 0.15) is 6.33 Å². The lowest BCUT2D eigenvalue weighted by molar-refractivity contribution is 0.831. The summed E-state index contributed by atoms with van der Waals surface area (Å²) in [6.07, 6.45) is 2.95. The smallest absolute Gasteiger partial charge is 0.279 e. The van der Waals surface area contributed by atoms with Gasteiger partial charge in [-0.2, -0.15) is 5.26 Å². The zero-order chi connectivity index (χ0) is 10.3. The van der Waals surface area contributed by atoms with Crippen LogP contribution in [0.2, 0.25) is 0 Å². The Bertz CT molecular complexity index is 653. The molecule has 0 atom stereocenters. The van der Waals surface area contributed by atoms with E-state index in [9.17, 15) is 9.59 Å². The Kier molecular flexibility index (Phi) is 1.51. The first-order valence-corrected chi connectivity index (χ1v) is 3.71. The van der Waals surface area contributed by atoms with Gasteiger partial charge in [-0.05, 0) is 0 Å². The molecule has 0 amide bonds. The van der Waals surface area contributed by atoms with E-state index >= 15 is 0 Å². The summed E-state index contributed by atoms with van der Waals surface area (Å²) < 4.78 is 2.18. The van der Waals surface area contributed by atoms with Crippen LogP contribution in [0.3, 0.4) is 0 Å². The van der Waals surface area contributed by atoms with Crippen LogP contribution in [0.25, 0.3) is 11.2 Å². The van der Waals surface area contributed by atoms with Crippen LogP contribution >= 0.6 is 0 Å². The van der Waals surface area contributed by atoms with Crippen molar-refractivity contribution in [3.8, 4) is 6.19 Å². The third-order valence-corrected chi connectivity index (χ3v) is 1.91. The van der Waals surface area contributed by atoms with Gasteiger partial charge in [0.2, 0.25) is 0 Å². The first-order valence-electron chi connectivity index (χ1n) is 3.71. The average molecular weight is 191 g/mol. The van der Waals surface area contributed by atoms with Crippen LogP contribution in [-0.4, -0.2) is 19.1 Å². The fourth-order valence-corrected chi connectivity index (χ4v) is 1.21. The van der Waals surface area contributed by atoms with Crippen LogP contribution in [0.15, 0.2) is 15.9 Å². The largest absolute Gasteiger partial charge is 0.329 e. The standard InChI is InChI=1S/C7H5N5O2/c1-11-5-4(6(13)10-7(11)14)12(2-8)3-9-5/h3H,1H3,(H,10,13,14). The molecule has 0 saturated heterocycles. The van der Waals surface area contributed by atoms with Crippen molar-refractivity contribution >= 4 is 11.2 Å². The molecule has 2 heterocycles. The second-order valence-corrected chi connectivity index (χ2v) is 2.71. The minimum Gasteiger partial charge on any atom is -0.279 e. The maximum atomic E-state index is 11.3. The van der Waals surface area contributed by atoms with Crippen LogP contribution < -0.4 is 11.2 Å². The maximum absolute atomic E-state index is 11.3. The summed E-state index contributed by atoms with van der Waals surface area (Å²) in [5, 5.41) is 8.64. The minimum atomic E-state index is -0.609. The number of rotatable bonds is 0. The fraction of sp³-hybridized carbons (Fsp3) is 0.143. The summed E-state index contributed by atoms with van der Waals surface area (Å²) in [6, 6.07) is 0. The second kappa shape index (κ2) is 2.56. The second-order valence-electron chi connectivity index (χ2n) is 2.71. The van der Waals surface area contributed by atoms with Crippen LogP contribution in [-0.2, 0) is 7.05 Å². The molecule has 14 heavy (non-hydrogen) atoms. The predicted octanol–water partition coefficient (Wildman–Crippen LogP) is -1.25. The number of hydrogen-bond donors (Lipinski definition) is 1. The van der Waals surface area contributed by atoms with E-state index < -0.39 is 11.2 Å². The molecule has 7 nitrogen and oxygen atoms in total. The number of imidazole rings is 1. The molecule has 7 heteroatoms. The molecule has 0 aromatic carbocycles. The maximum Gasteiger partial charge on any atom is 0.329 e. The van der Waals surface area contributed by atoms with Gasteiger partial charge in [-0.15, -0.1) is 0 Å². The monoisotopic (exact) mass is 191 g/mol. The number of aromatic amines is 1. The SMILES string of the molecule is Cn1c(=O)[nH]c(=O)c2c1ncn2C#N. The Labute approximate surface area is 76.8 Å². The van der Waals surface area contributed by atoms with Crippen LogP contribution in [0.1, 0.15) is 0 Å². The van der Waals surface area contributed by atoms with Crippen molar-refractivity contribution in [2.24, 2.45) is 7.05 Å². The summed E-state index contributed by atoms with van der Waals surface area (Å²) in [4.78, 5) is 28.3. The number of H-pyrrole nitrogens is 1. The van der Waals surface area contributed by atoms with E-state index in [1.165, 1.54) is 17.9 Å². The first-order chi connectivity index (χ1) is 6.65. The highest BCUT2D eigenvalue weighted by Crippen LogP contribution is 2.01. The lowest BCUT2D eigenvalue weighted by Gasteiger charge is -1.96. The van der Waals surface area contributed by atoms with Gasteiger partial charge in [0.05, 0.1) is 0 Å². The van der Waals surface area contributed by atoms with E-state index in [0.29, 0.717) is 0 Å². The molecule has 0 unspecified atom stereocenters. The lowest BCUT2D eigenvalue weighted by atomic mass is 10.5. The Morgan fingerprint density at radius 3 is 2.93 bits per heavy atom. The highest BCUT2D eigenvalue weighted by Gasteiger charge is 2.10. The third-order valence-electron chi connectivity index (χ3n) is 1.91. The molecular formula is C7H5N5O2. The lowest BCUT2D eigenvalue weighted by Crippen LogP contribution is -2.28. The molecule has 0 bridgehead atoms. The van der Waals surface area contributed by atoms with Crippen LogP contribution in [0.5, 0.6) is 0 Å². The average Bonchev–Trinajstić information content (AvgIpc) is 2.58. The summed E-state index contributed by atoms with van der Waals surface area (Å²) in [5.74, 6) is 0. The first kappa shape index (κ1) is 8.25. The summed E-state index contributed by atoms with van der Waals surface area (Å²) in [7, 11) is 1.47. The van der Waals surface area contributed by atoms with Crippen molar-refractivity contribution in [3.63, 3.8) is 0 Å². The molecule has 0 aliphatic rings. The van der Waals surface area contributed by atoms with Gasteiger partial charge in [0.15, 0.2) is 17.4 Å². The Hall–Kier alpha value is -2.36. The number of fused-ring (bicyclic) bond motifs is 1. The van der Waals surface area contributed by atoms with Gasteiger partial charge in [0, 0.05) is 7.05 Å². The highest BCUT2D eigenvalue weighted by atomic mass is 16.2. The number of hydrogen-bond acceptors (Lipinski definition) is 4. The van der Waals surface area contributed by atoms with Gasteiger partial charge in [-0.1, -0.05) is 0 Å². The Morgan fingerprint density at radius 1 is 1.57 bits per heavy atom. The summed E-state index contributed by atoms with van der Waals surface area (Å²) in [6.45, 7) is 0. The quantitative estimate of drug-likeness (QED) is 0.562. The van der Waals surface area contributed by atoms with E-state index in [-0.39, 0.29) is 11.2 Å². The number of nitrogens with zero attached hydrogens (tertiary/aromatic N) is 4. The Balaban J connectivity index is 3.15. The van der Waals surface area contributed by atoms with Gasteiger partial charge >= 0.3 is 5.69 Å². The van der Waals surface area contributed by atoms with E-state index in [0.717, 1.165) is 4.57 Å². The zero-order valence-electron chi connectivity index (χ0n) is 7.18. The molecule has 2 rings (SSSR count). The van der Waals surface area contributed by atoms with E-state index in [2.05, 4.69) is 9.97 Å². The molecule has 0 saturated carbocycles. The van der Waals surface area contributed by atoms with E-state index in [4.69, 9.17) is 5.26 Å². The van der Waals surface area contributed by atoms with Crippen molar-refractivity contribution in [1.82, 2.24) is 19.1 Å². The normalized spacial score (nSPS) is 10.3. The summed E-state index contributed by atoms with van der Waals surface area (Å²) in [5.41, 5.74) is -0.886. The number of aromatic nitrogens is 4. The molecule has 0 aliphatic heterocycles. The zero-order valence-corrected chi connectivity index (χ0v) is 7.18. The predicted molar refractivity (Wildman–Crippen MR) is 46.6 cm³/mol. The molecule has 0 spiro atoms. The highest BCUT2D eigenvalue weighted by molar-refractivity contribution is 5.70. The van der Waals surface area contributed by atoms with Gasteiger partial charge in [-0.3, -0.25) is 14.3 Å². The van der Waals surface area contributed by atoms with Gasteiger partial charge in [0.25, 0.3) is 5.56 Å². The molecule has 2 aromatic heterocycles. The van der Waals surface area contributed by atoms with Crippen molar-refractivity contribution in [3.05, 3.63) is 27.2 Å². The van der Waals surface area contributed by atoms with E-state index in [1.54, 1.807) is 6.19 Å². The molecular weight excluding hydrogens is 186 g/mol. The number of nitrogens with one attached hydrogen (secondary N) is 1. The van der Waals surface area contributed by atoms with E-state index in [1.807, 2.05) is 0 Å². The van der Waals surface area contributed by atoms with Crippen molar-refractivity contribution in [2.75, 3.05) is 0 Å². The van der Waals surface area contributed by atoms with Crippen molar-refractivity contribution in [2.45, 2.75) is 0 Å². The third kappa shape index (κ3) is 0.877. The Morgan fingerprint density at radius 2 is 2.29 bits per heavy atom. The minimum absolute atomic E-state index is 0.0783.